The number of nitrogens with zero attached hydrogens (tertiary/aromatic N) is 2. The monoisotopic (exact) mass is 277 g/mol. The number of aromatic nitrogens is 1. The van der Waals surface area contributed by atoms with Crippen LogP contribution in [0.2, 0.25) is 5.15 Å². The molecule has 0 aliphatic carbocycles. The van der Waals surface area contributed by atoms with Gasteiger partial charge in [0.2, 0.25) is 0 Å². The molecule has 19 heavy (non-hydrogen) atoms. The summed E-state index contributed by atoms with van der Waals surface area (Å²) in [5.74, 6) is 0. The van der Waals surface area contributed by atoms with Crippen molar-refractivity contribution in [3.8, 4) is 0 Å². The highest BCUT2D eigenvalue weighted by atomic mass is 35.5. The van der Waals surface area contributed by atoms with Crippen LogP contribution in [-0.4, -0.2) is 9.91 Å². The lowest BCUT2D eigenvalue weighted by Crippen LogP contribution is -2.02. The van der Waals surface area contributed by atoms with Gasteiger partial charge in [-0.25, -0.2) is 4.98 Å². The fourth-order valence-corrected chi connectivity index (χ4v) is 1.88. The van der Waals surface area contributed by atoms with Gasteiger partial charge in [-0.2, -0.15) is 0 Å². The molecule has 2 aromatic rings. The second-order valence-electron chi connectivity index (χ2n) is 4.05. The molecule has 0 aliphatic heterocycles. The molecule has 0 saturated heterocycles. The quantitative estimate of drug-likeness (QED) is 0.527. The van der Waals surface area contributed by atoms with Gasteiger partial charge < -0.3 is 5.32 Å². The molecule has 0 atom stereocenters. The number of hydrogen-bond acceptors (Lipinski definition) is 4. The van der Waals surface area contributed by atoms with Gasteiger partial charge in [-0.05, 0) is 24.6 Å². The summed E-state index contributed by atoms with van der Waals surface area (Å²) in [7, 11) is 0. The number of nitro benzene ring substituents is 1. The number of hydrogen-bond donors (Lipinski definition) is 1. The Morgan fingerprint density at radius 1 is 1.37 bits per heavy atom. The Morgan fingerprint density at radius 2 is 2.16 bits per heavy atom. The maximum atomic E-state index is 10.7. The molecule has 1 N–H and O–H groups in total. The second-order valence-corrected chi connectivity index (χ2v) is 4.43. The van der Waals surface area contributed by atoms with Gasteiger partial charge >= 0.3 is 0 Å². The van der Waals surface area contributed by atoms with Crippen LogP contribution in [0.1, 0.15) is 11.3 Å². The molecule has 1 heterocycles. The highest BCUT2D eigenvalue weighted by Crippen LogP contribution is 2.18. The van der Waals surface area contributed by atoms with Gasteiger partial charge in [0.15, 0.2) is 0 Å². The zero-order valence-corrected chi connectivity index (χ0v) is 11.0. The Morgan fingerprint density at radius 3 is 2.84 bits per heavy atom. The van der Waals surface area contributed by atoms with Gasteiger partial charge in [0.05, 0.1) is 16.3 Å². The third kappa shape index (κ3) is 3.42. The number of rotatable bonds is 4. The Labute approximate surface area is 115 Å². The van der Waals surface area contributed by atoms with E-state index in [9.17, 15) is 10.1 Å². The van der Waals surface area contributed by atoms with E-state index in [0.29, 0.717) is 11.7 Å². The fourth-order valence-electron chi connectivity index (χ4n) is 1.69. The summed E-state index contributed by atoms with van der Waals surface area (Å²) in [5.41, 5.74) is 2.57. The van der Waals surface area contributed by atoms with Crippen molar-refractivity contribution in [2.45, 2.75) is 13.5 Å². The summed E-state index contributed by atoms with van der Waals surface area (Å²) < 4.78 is 0. The summed E-state index contributed by atoms with van der Waals surface area (Å²) in [6.07, 6.45) is 0. The molecule has 1 aromatic heterocycles. The van der Waals surface area contributed by atoms with Gasteiger partial charge in [-0.3, -0.25) is 10.1 Å². The van der Waals surface area contributed by atoms with Crippen molar-refractivity contribution < 1.29 is 4.92 Å². The van der Waals surface area contributed by atoms with Gasteiger partial charge in [-0.15, -0.1) is 0 Å². The van der Waals surface area contributed by atoms with Crippen LogP contribution < -0.4 is 5.32 Å². The topological polar surface area (TPSA) is 68.1 Å². The van der Waals surface area contributed by atoms with E-state index in [0.717, 1.165) is 16.9 Å². The maximum absolute atomic E-state index is 10.7. The SMILES string of the molecule is Cc1nc(Cl)ccc1NCc1cccc([N+](=O)[O-])c1. The first-order valence-electron chi connectivity index (χ1n) is 5.66. The number of nitro groups is 1. The predicted octanol–water partition coefficient (Wildman–Crippen LogP) is 3.56. The Kier molecular flexibility index (Phi) is 3.97. The first-order chi connectivity index (χ1) is 9.06. The molecule has 0 radical (unpaired) electrons. The van der Waals surface area contributed by atoms with Crippen molar-refractivity contribution in [2.75, 3.05) is 5.32 Å². The van der Waals surface area contributed by atoms with Crippen molar-refractivity contribution in [3.05, 3.63) is 62.9 Å². The molecule has 1 aromatic carbocycles. The van der Waals surface area contributed by atoms with Crippen molar-refractivity contribution in [2.24, 2.45) is 0 Å². The third-order valence-corrected chi connectivity index (χ3v) is 2.87. The van der Waals surface area contributed by atoms with E-state index >= 15 is 0 Å². The molecule has 0 spiro atoms. The summed E-state index contributed by atoms with van der Waals surface area (Å²) in [5, 5.41) is 14.3. The van der Waals surface area contributed by atoms with Crippen LogP contribution in [0.25, 0.3) is 0 Å². The van der Waals surface area contributed by atoms with Gasteiger partial charge in [0.25, 0.3) is 5.69 Å². The van der Waals surface area contributed by atoms with Crippen molar-refractivity contribution in [1.82, 2.24) is 4.98 Å². The van der Waals surface area contributed by atoms with E-state index in [1.165, 1.54) is 6.07 Å². The first-order valence-corrected chi connectivity index (χ1v) is 6.04. The van der Waals surface area contributed by atoms with E-state index in [-0.39, 0.29) is 5.69 Å². The van der Waals surface area contributed by atoms with Crippen LogP contribution in [0, 0.1) is 17.0 Å². The standard InChI is InChI=1S/C13H12ClN3O2/c1-9-12(5-6-13(14)16-9)15-8-10-3-2-4-11(7-10)17(18)19/h2-7,15H,8H2,1H3. The molecule has 0 saturated carbocycles. The number of aryl methyl sites for hydroxylation is 1. The lowest BCUT2D eigenvalue weighted by molar-refractivity contribution is -0.384. The molecular weight excluding hydrogens is 266 g/mol. The molecule has 0 fully saturated rings. The van der Waals surface area contributed by atoms with Crippen LogP contribution in [0.3, 0.4) is 0 Å². The van der Waals surface area contributed by atoms with E-state index in [4.69, 9.17) is 11.6 Å². The highest BCUT2D eigenvalue weighted by Gasteiger charge is 2.06. The number of anilines is 1. The minimum absolute atomic E-state index is 0.0882. The number of non-ortho nitro benzene ring substituents is 1. The van der Waals surface area contributed by atoms with Crippen molar-refractivity contribution in [3.63, 3.8) is 0 Å². The van der Waals surface area contributed by atoms with Crippen molar-refractivity contribution >= 4 is 23.0 Å². The van der Waals surface area contributed by atoms with Gasteiger partial charge in [0.1, 0.15) is 5.15 Å². The second kappa shape index (κ2) is 5.67. The number of pyridine rings is 1. The first kappa shape index (κ1) is 13.3. The summed E-state index contributed by atoms with van der Waals surface area (Å²) >= 11 is 5.78. The van der Waals surface area contributed by atoms with Gasteiger partial charge in [0, 0.05) is 18.7 Å². The highest BCUT2D eigenvalue weighted by molar-refractivity contribution is 6.29. The summed E-state index contributed by atoms with van der Waals surface area (Å²) in [6, 6.07) is 10.1. The third-order valence-electron chi connectivity index (χ3n) is 2.66. The Bertz CT molecular complexity index is 617. The van der Waals surface area contributed by atoms with Crippen LogP contribution in [-0.2, 0) is 6.54 Å². The molecule has 6 heteroatoms. The molecule has 5 nitrogen and oxygen atoms in total. The Balaban J connectivity index is 2.10. The predicted molar refractivity (Wildman–Crippen MR) is 74.4 cm³/mol. The number of nitrogens with one attached hydrogen (secondary N) is 1. The minimum Gasteiger partial charge on any atom is -0.379 e. The maximum Gasteiger partial charge on any atom is 0.269 e. The van der Waals surface area contributed by atoms with E-state index in [2.05, 4.69) is 10.3 Å². The molecular formula is C13H12ClN3O2. The van der Waals surface area contributed by atoms with E-state index in [1.54, 1.807) is 18.2 Å². The molecule has 0 unspecified atom stereocenters. The molecule has 0 amide bonds. The summed E-state index contributed by atoms with van der Waals surface area (Å²) in [4.78, 5) is 14.4. The average Bonchev–Trinajstić information content (AvgIpc) is 2.38. The average molecular weight is 278 g/mol. The van der Waals surface area contributed by atoms with Crippen LogP contribution in [0.4, 0.5) is 11.4 Å². The molecule has 2 rings (SSSR count). The van der Waals surface area contributed by atoms with E-state index < -0.39 is 4.92 Å². The smallest absolute Gasteiger partial charge is 0.269 e. The largest absolute Gasteiger partial charge is 0.379 e. The molecule has 0 bridgehead atoms. The van der Waals surface area contributed by atoms with Gasteiger partial charge in [-0.1, -0.05) is 23.7 Å². The number of halogens is 1. The Hall–Kier alpha value is -2.14. The lowest BCUT2D eigenvalue weighted by Gasteiger charge is -2.09. The molecule has 98 valence electrons. The van der Waals surface area contributed by atoms with E-state index in [1.807, 2.05) is 19.1 Å². The summed E-state index contributed by atoms with van der Waals surface area (Å²) in [6.45, 7) is 2.34. The number of benzene rings is 1. The zero-order chi connectivity index (χ0) is 13.8. The van der Waals surface area contributed by atoms with Crippen LogP contribution >= 0.6 is 11.6 Å². The van der Waals surface area contributed by atoms with Crippen LogP contribution in [0.15, 0.2) is 36.4 Å². The minimum atomic E-state index is -0.404. The fraction of sp³-hybridized carbons (Fsp3) is 0.154. The molecule has 0 aliphatic rings. The van der Waals surface area contributed by atoms with Crippen molar-refractivity contribution in [1.29, 1.82) is 0 Å². The lowest BCUT2D eigenvalue weighted by atomic mass is 10.2. The zero-order valence-electron chi connectivity index (χ0n) is 10.3. The normalized spacial score (nSPS) is 10.2. The van der Waals surface area contributed by atoms with Crippen LogP contribution in [0.5, 0.6) is 0 Å².